The smallest absolute Gasteiger partial charge is 0.494 e. The van der Waals surface area contributed by atoms with Gasteiger partial charge in [-0.05, 0) is 87.8 Å². The number of aromatic nitrogens is 1. The van der Waals surface area contributed by atoms with Gasteiger partial charge < -0.3 is 24.0 Å². The second-order valence-electron chi connectivity index (χ2n) is 10.8. The lowest BCUT2D eigenvalue weighted by Crippen LogP contribution is -2.42. The Morgan fingerprint density at radius 2 is 1.70 bits per heavy atom. The van der Waals surface area contributed by atoms with Crippen molar-refractivity contribution in [3.05, 3.63) is 59.3 Å². The molecule has 0 spiro atoms. The molecule has 3 aromatic rings. The lowest BCUT2D eigenvalue weighted by molar-refractivity contribution is -0.274. The monoisotopic (exact) mass is 518 g/mol. The fraction of sp³-hybridized carbons (Fsp3) is 0.464. The zero-order valence-electron chi connectivity index (χ0n) is 21.6. The fourth-order valence-corrected chi connectivity index (χ4v) is 4.88. The van der Waals surface area contributed by atoms with E-state index in [2.05, 4.69) is 16.9 Å². The van der Waals surface area contributed by atoms with Crippen molar-refractivity contribution >= 4 is 16.9 Å². The number of hydrogen-bond acceptors (Lipinski definition) is 4. The van der Waals surface area contributed by atoms with E-state index in [1.54, 1.807) is 21.6 Å². The van der Waals surface area contributed by atoms with Gasteiger partial charge in [0.25, 0.3) is 0 Å². The van der Waals surface area contributed by atoms with E-state index < -0.39 is 12.0 Å². The molecule has 200 valence electrons. The van der Waals surface area contributed by atoms with Crippen molar-refractivity contribution < 1.29 is 32.5 Å². The predicted molar refractivity (Wildman–Crippen MR) is 135 cm³/mol. The Kier molecular flexibility index (Phi) is 7.35. The number of halogens is 3. The van der Waals surface area contributed by atoms with Crippen molar-refractivity contribution in [2.24, 2.45) is 5.92 Å². The number of benzene rings is 2. The molecule has 1 fully saturated rings. The van der Waals surface area contributed by atoms with Crippen LogP contribution in [0.25, 0.3) is 10.8 Å². The molecule has 9 heteroatoms. The zero-order chi connectivity index (χ0) is 27.0. The Hall–Kier alpha value is -3.36. The van der Waals surface area contributed by atoms with Crippen LogP contribution in [0.1, 0.15) is 50.3 Å². The van der Waals surface area contributed by atoms with Gasteiger partial charge in [-0.3, -0.25) is 0 Å². The Morgan fingerprint density at radius 3 is 2.30 bits per heavy atom. The molecule has 4 rings (SSSR count). The molecule has 0 radical (unpaired) electrons. The number of ether oxygens (including phenoxy) is 2. The number of hydrogen-bond donors (Lipinski definition) is 1. The number of likely N-dealkylation sites (tertiary alicyclic amines) is 1. The number of aryl methyl sites for hydroxylation is 1. The quantitative estimate of drug-likeness (QED) is 0.404. The van der Waals surface area contributed by atoms with Gasteiger partial charge in [0.2, 0.25) is 0 Å². The van der Waals surface area contributed by atoms with Crippen LogP contribution in [0.2, 0.25) is 0 Å². The van der Waals surface area contributed by atoms with E-state index in [4.69, 9.17) is 4.74 Å². The van der Waals surface area contributed by atoms with Crippen molar-refractivity contribution in [2.45, 2.75) is 65.5 Å². The van der Waals surface area contributed by atoms with Crippen LogP contribution in [0.15, 0.2) is 42.6 Å². The van der Waals surface area contributed by atoms with Crippen LogP contribution in [-0.4, -0.2) is 45.7 Å². The molecule has 37 heavy (non-hydrogen) atoms. The number of rotatable bonds is 5. The van der Waals surface area contributed by atoms with Crippen molar-refractivity contribution in [3.63, 3.8) is 0 Å². The first kappa shape index (κ1) is 26.7. The molecule has 2 heterocycles. The van der Waals surface area contributed by atoms with Gasteiger partial charge in [0.15, 0.2) is 5.88 Å². The van der Waals surface area contributed by atoms with E-state index in [1.165, 1.54) is 17.7 Å². The number of amides is 1. The number of aromatic hydroxyl groups is 1. The molecule has 1 aliphatic rings. The average Bonchev–Trinajstić information content (AvgIpc) is 3.09. The molecule has 0 atom stereocenters. The molecular formula is C28H33F3N2O4. The Bertz CT molecular complexity index is 1250. The summed E-state index contributed by atoms with van der Waals surface area (Å²) in [6.45, 7) is 9.21. The summed E-state index contributed by atoms with van der Waals surface area (Å²) in [4.78, 5) is 14.1. The topological polar surface area (TPSA) is 63.9 Å². The van der Waals surface area contributed by atoms with Crippen LogP contribution in [0, 0.1) is 12.8 Å². The van der Waals surface area contributed by atoms with Gasteiger partial charge in [0.1, 0.15) is 11.4 Å². The Labute approximate surface area is 214 Å². The molecule has 1 aliphatic heterocycles. The van der Waals surface area contributed by atoms with E-state index in [9.17, 15) is 23.1 Å². The van der Waals surface area contributed by atoms with Crippen LogP contribution in [0.3, 0.4) is 0 Å². The lowest BCUT2D eigenvalue weighted by Gasteiger charge is -2.33. The summed E-state index contributed by atoms with van der Waals surface area (Å²) < 4.78 is 48.3. The van der Waals surface area contributed by atoms with Crippen LogP contribution >= 0.6 is 0 Å². The second-order valence-corrected chi connectivity index (χ2v) is 10.8. The first-order valence-corrected chi connectivity index (χ1v) is 12.4. The normalized spacial score (nSPS) is 15.3. The van der Waals surface area contributed by atoms with Gasteiger partial charge in [-0.1, -0.05) is 18.2 Å². The number of fused-ring (bicyclic) bond motifs is 1. The molecular weight excluding hydrogens is 485 g/mol. The van der Waals surface area contributed by atoms with Crippen molar-refractivity contribution in [3.8, 4) is 11.6 Å². The Morgan fingerprint density at radius 1 is 1.05 bits per heavy atom. The van der Waals surface area contributed by atoms with E-state index in [0.717, 1.165) is 41.2 Å². The summed E-state index contributed by atoms with van der Waals surface area (Å²) in [5, 5.41) is 12.5. The largest absolute Gasteiger partial charge is 0.573 e. The van der Waals surface area contributed by atoms with Gasteiger partial charge in [-0.2, -0.15) is 0 Å². The third-order valence-electron chi connectivity index (χ3n) is 6.52. The van der Waals surface area contributed by atoms with E-state index >= 15 is 0 Å². The van der Waals surface area contributed by atoms with Crippen LogP contribution in [0.5, 0.6) is 11.6 Å². The number of carbonyl (C=O) groups is 1. The van der Waals surface area contributed by atoms with Crippen LogP contribution in [-0.2, 0) is 17.7 Å². The first-order valence-electron chi connectivity index (χ1n) is 12.4. The molecule has 2 aromatic carbocycles. The van der Waals surface area contributed by atoms with Gasteiger partial charge in [0, 0.05) is 30.1 Å². The Balaban J connectivity index is 1.42. The van der Waals surface area contributed by atoms with Gasteiger partial charge in [-0.25, -0.2) is 4.79 Å². The maximum Gasteiger partial charge on any atom is 0.573 e. The molecule has 1 aromatic heterocycles. The summed E-state index contributed by atoms with van der Waals surface area (Å²) in [6, 6.07) is 9.80. The third kappa shape index (κ3) is 6.90. The van der Waals surface area contributed by atoms with Crippen molar-refractivity contribution in [1.82, 2.24) is 9.47 Å². The average molecular weight is 519 g/mol. The van der Waals surface area contributed by atoms with Gasteiger partial charge in [-0.15, -0.1) is 13.2 Å². The summed E-state index contributed by atoms with van der Waals surface area (Å²) in [7, 11) is 0. The molecule has 6 nitrogen and oxygen atoms in total. The SMILES string of the molecule is Cc1cc(CC2CCN(C(=O)OC(C)(C)C)CC2)cc2cn(Cc3ccc(OC(F)(F)F)cc3)c(O)c12. The van der Waals surface area contributed by atoms with Crippen LogP contribution < -0.4 is 4.74 Å². The van der Waals surface area contributed by atoms with Gasteiger partial charge >= 0.3 is 12.5 Å². The summed E-state index contributed by atoms with van der Waals surface area (Å²) in [5.74, 6) is 0.291. The molecule has 0 bridgehead atoms. The minimum atomic E-state index is -4.73. The molecule has 1 amide bonds. The number of nitrogens with zero attached hydrogens (tertiary/aromatic N) is 2. The molecule has 0 aliphatic carbocycles. The summed E-state index contributed by atoms with van der Waals surface area (Å²) >= 11 is 0. The zero-order valence-corrected chi connectivity index (χ0v) is 21.6. The molecule has 1 saturated heterocycles. The number of carbonyl (C=O) groups excluding carboxylic acids is 1. The second kappa shape index (κ2) is 10.2. The number of alkyl halides is 3. The van der Waals surface area contributed by atoms with E-state index in [-0.39, 0.29) is 17.7 Å². The van der Waals surface area contributed by atoms with Crippen molar-refractivity contribution in [2.75, 3.05) is 13.1 Å². The number of piperidine rings is 1. The molecule has 0 unspecified atom stereocenters. The van der Waals surface area contributed by atoms with E-state index in [0.29, 0.717) is 25.6 Å². The summed E-state index contributed by atoms with van der Waals surface area (Å²) in [6.07, 6.45) is -0.449. The molecule has 1 N–H and O–H groups in total. The first-order chi connectivity index (χ1) is 17.3. The van der Waals surface area contributed by atoms with Crippen molar-refractivity contribution in [1.29, 1.82) is 0 Å². The predicted octanol–water partition coefficient (Wildman–Crippen LogP) is 6.79. The third-order valence-corrected chi connectivity index (χ3v) is 6.52. The highest BCUT2D eigenvalue weighted by molar-refractivity contribution is 5.91. The minimum absolute atomic E-state index is 0.125. The lowest BCUT2D eigenvalue weighted by atomic mass is 9.89. The fourth-order valence-electron chi connectivity index (χ4n) is 4.88. The van der Waals surface area contributed by atoms with Crippen LogP contribution in [0.4, 0.5) is 18.0 Å². The highest BCUT2D eigenvalue weighted by Crippen LogP contribution is 2.34. The van der Waals surface area contributed by atoms with Gasteiger partial charge in [0.05, 0.1) is 6.54 Å². The molecule has 0 saturated carbocycles. The summed E-state index contributed by atoms with van der Waals surface area (Å²) in [5.41, 5.74) is 2.36. The highest BCUT2D eigenvalue weighted by Gasteiger charge is 2.31. The highest BCUT2D eigenvalue weighted by atomic mass is 19.4. The minimum Gasteiger partial charge on any atom is -0.494 e. The maximum absolute atomic E-state index is 12.4. The standard InChI is InChI=1S/C28H33F3N2O4/c1-18-13-21(14-19-9-11-32(12-10-19)26(35)37-27(2,3)4)15-22-17-33(25(34)24(18)22)16-20-5-7-23(8-6-20)36-28(29,30)31/h5-8,13,15,17,19,34H,9-12,14,16H2,1-4H3. The maximum atomic E-state index is 12.4. The van der Waals surface area contributed by atoms with E-state index in [1.807, 2.05) is 33.9 Å².